The van der Waals surface area contributed by atoms with Crippen LogP contribution in [-0.2, 0) is 6.42 Å². The van der Waals surface area contributed by atoms with Gasteiger partial charge in [-0.15, -0.1) is 0 Å². The zero-order chi connectivity index (χ0) is 15.7. The van der Waals surface area contributed by atoms with Gasteiger partial charge in [0.2, 0.25) is 5.88 Å². The minimum atomic E-state index is 0.494. The van der Waals surface area contributed by atoms with Crippen molar-refractivity contribution in [3.63, 3.8) is 0 Å². The van der Waals surface area contributed by atoms with Crippen LogP contribution in [0.3, 0.4) is 0 Å². The van der Waals surface area contributed by atoms with E-state index in [-0.39, 0.29) is 0 Å². The summed E-state index contributed by atoms with van der Waals surface area (Å²) in [6.07, 6.45) is 1.68. The Morgan fingerprint density at radius 3 is 2.43 bits per heavy atom. The molecule has 3 N–H and O–H groups in total. The minimum absolute atomic E-state index is 0.494. The zero-order valence-corrected chi connectivity index (χ0v) is 13.8. The second-order valence-electron chi connectivity index (χ2n) is 4.86. The largest absolute Gasteiger partial charge is 0.476 e. The van der Waals surface area contributed by atoms with Crippen molar-refractivity contribution in [1.82, 2.24) is 14.9 Å². The van der Waals surface area contributed by atoms with Crippen LogP contribution >= 0.6 is 0 Å². The Hall–Kier alpha value is -1.56. The SMILES string of the molecule is CCCOc1nc(CC)nc(NCCN(CC)CC)c1N. The number of nitrogens with zero attached hydrogens (tertiary/aromatic N) is 3. The number of likely N-dealkylation sites (N-methyl/N-ethyl adjacent to an activating group) is 1. The molecule has 0 saturated carbocycles. The lowest BCUT2D eigenvalue weighted by molar-refractivity contribution is 0.305. The van der Waals surface area contributed by atoms with Gasteiger partial charge in [0.15, 0.2) is 5.82 Å². The molecule has 0 radical (unpaired) electrons. The molecule has 0 fully saturated rings. The molecular formula is C15H29N5O. The molecule has 0 aliphatic carbocycles. The Balaban J connectivity index is 2.75. The van der Waals surface area contributed by atoms with Gasteiger partial charge in [0.05, 0.1) is 6.61 Å². The van der Waals surface area contributed by atoms with E-state index in [9.17, 15) is 0 Å². The topological polar surface area (TPSA) is 76.3 Å². The third kappa shape index (κ3) is 5.38. The number of nitrogens with two attached hydrogens (primary N) is 1. The Labute approximate surface area is 128 Å². The van der Waals surface area contributed by atoms with Crippen LogP contribution in [0.1, 0.15) is 39.9 Å². The first kappa shape index (κ1) is 17.5. The molecule has 0 spiro atoms. The lowest BCUT2D eigenvalue weighted by Crippen LogP contribution is -2.29. The van der Waals surface area contributed by atoms with E-state index in [1.165, 1.54) is 0 Å². The third-order valence-electron chi connectivity index (χ3n) is 3.33. The van der Waals surface area contributed by atoms with E-state index >= 15 is 0 Å². The van der Waals surface area contributed by atoms with Crippen LogP contribution in [0.4, 0.5) is 11.5 Å². The van der Waals surface area contributed by atoms with Crippen LogP contribution in [0, 0.1) is 0 Å². The van der Waals surface area contributed by atoms with Gasteiger partial charge in [-0.25, -0.2) is 4.98 Å². The number of hydrogen-bond acceptors (Lipinski definition) is 6. The third-order valence-corrected chi connectivity index (χ3v) is 3.33. The number of nitrogen functional groups attached to an aromatic ring is 1. The number of nitrogens with one attached hydrogen (secondary N) is 1. The highest BCUT2D eigenvalue weighted by molar-refractivity contribution is 5.66. The van der Waals surface area contributed by atoms with E-state index in [0.717, 1.165) is 44.8 Å². The summed E-state index contributed by atoms with van der Waals surface area (Å²) in [4.78, 5) is 11.2. The van der Waals surface area contributed by atoms with Gasteiger partial charge < -0.3 is 20.7 Å². The molecule has 0 saturated heterocycles. The van der Waals surface area contributed by atoms with Crippen molar-refractivity contribution in [3.05, 3.63) is 5.82 Å². The standard InChI is InChI=1S/C15H29N5O/c1-5-11-21-15-13(16)14(18-12(6-2)19-15)17-9-10-20(7-3)8-4/h5-11,16H2,1-4H3,(H,17,18,19). The summed E-state index contributed by atoms with van der Waals surface area (Å²) in [7, 11) is 0. The fourth-order valence-corrected chi connectivity index (χ4v) is 1.97. The first-order chi connectivity index (χ1) is 10.2. The normalized spacial score (nSPS) is 10.9. The summed E-state index contributed by atoms with van der Waals surface area (Å²) in [6, 6.07) is 0. The maximum atomic E-state index is 6.10. The highest BCUT2D eigenvalue weighted by Crippen LogP contribution is 2.26. The van der Waals surface area contributed by atoms with Crippen molar-refractivity contribution in [1.29, 1.82) is 0 Å². The summed E-state index contributed by atoms with van der Waals surface area (Å²) >= 11 is 0. The van der Waals surface area contributed by atoms with Gasteiger partial charge in [-0.2, -0.15) is 4.98 Å². The molecule has 0 aliphatic rings. The predicted molar refractivity (Wildman–Crippen MR) is 87.9 cm³/mol. The van der Waals surface area contributed by atoms with Crippen LogP contribution in [0.2, 0.25) is 0 Å². The molecule has 0 bridgehead atoms. The van der Waals surface area contributed by atoms with Crippen LogP contribution in [0.15, 0.2) is 0 Å². The molecule has 0 amide bonds. The number of aryl methyl sites for hydroxylation is 1. The van der Waals surface area contributed by atoms with Crippen LogP contribution in [0.25, 0.3) is 0 Å². The first-order valence-electron chi connectivity index (χ1n) is 7.91. The Morgan fingerprint density at radius 2 is 1.86 bits per heavy atom. The number of hydrogen-bond donors (Lipinski definition) is 2. The summed E-state index contributed by atoms with van der Waals surface area (Å²) in [5.74, 6) is 1.93. The summed E-state index contributed by atoms with van der Waals surface area (Å²) in [5, 5.41) is 3.31. The van der Waals surface area contributed by atoms with E-state index in [4.69, 9.17) is 10.5 Å². The van der Waals surface area contributed by atoms with E-state index in [0.29, 0.717) is 24.0 Å². The average Bonchev–Trinajstić information content (AvgIpc) is 2.51. The van der Waals surface area contributed by atoms with Gasteiger partial charge in [-0.05, 0) is 19.5 Å². The molecule has 120 valence electrons. The molecule has 6 heteroatoms. The molecule has 0 aromatic carbocycles. The van der Waals surface area contributed by atoms with Crippen molar-refractivity contribution < 1.29 is 4.74 Å². The lowest BCUT2D eigenvalue weighted by atomic mass is 10.3. The van der Waals surface area contributed by atoms with E-state index < -0.39 is 0 Å². The fourth-order valence-electron chi connectivity index (χ4n) is 1.97. The molecule has 21 heavy (non-hydrogen) atoms. The second kappa shape index (κ2) is 9.39. The smallest absolute Gasteiger partial charge is 0.242 e. The van der Waals surface area contributed by atoms with Crippen molar-refractivity contribution in [2.45, 2.75) is 40.5 Å². The molecule has 1 aromatic rings. The van der Waals surface area contributed by atoms with Gasteiger partial charge >= 0.3 is 0 Å². The highest BCUT2D eigenvalue weighted by Gasteiger charge is 2.12. The molecule has 0 unspecified atom stereocenters. The first-order valence-corrected chi connectivity index (χ1v) is 7.91. The number of anilines is 2. The Morgan fingerprint density at radius 1 is 1.14 bits per heavy atom. The quantitative estimate of drug-likeness (QED) is 0.689. The molecule has 0 aliphatic heterocycles. The fraction of sp³-hybridized carbons (Fsp3) is 0.733. The molecule has 1 aromatic heterocycles. The molecule has 1 rings (SSSR count). The molecule has 1 heterocycles. The van der Waals surface area contributed by atoms with Gasteiger partial charge in [-0.1, -0.05) is 27.7 Å². The van der Waals surface area contributed by atoms with Crippen LogP contribution in [0.5, 0.6) is 5.88 Å². The van der Waals surface area contributed by atoms with Crippen molar-refractivity contribution >= 4 is 11.5 Å². The van der Waals surface area contributed by atoms with Crippen molar-refractivity contribution in [2.75, 3.05) is 43.8 Å². The maximum Gasteiger partial charge on any atom is 0.242 e. The van der Waals surface area contributed by atoms with E-state index in [1.54, 1.807) is 0 Å². The zero-order valence-electron chi connectivity index (χ0n) is 13.8. The van der Waals surface area contributed by atoms with Gasteiger partial charge in [0.1, 0.15) is 11.5 Å². The van der Waals surface area contributed by atoms with Gasteiger partial charge in [-0.3, -0.25) is 0 Å². The minimum Gasteiger partial charge on any atom is -0.476 e. The average molecular weight is 295 g/mol. The van der Waals surface area contributed by atoms with Gasteiger partial charge in [0, 0.05) is 19.5 Å². The number of aromatic nitrogens is 2. The Kier molecular flexibility index (Phi) is 7.82. The van der Waals surface area contributed by atoms with Crippen LogP contribution < -0.4 is 15.8 Å². The summed E-state index contributed by atoms with van der Waals surface area (Å²) in [6.45, 7) is 12.9. The van der Waals surface area contributed by atoms with E-state index in [2.05, 4.69) is 41.0 Å². The maximum absolute atomic E-state index is 6.10. The highest BCUT2D eigenvalue weighted by atomic mass is 16.5. The molecule has 0 atom stereocenters. The van der Waals surface area contributed by atoms with Gasteiger partial charge in [0.25, 0.3) is 0 Å². The lowest BCUT2D eigenvalue weighted by Gasteiger charge is -2.19. The van der Waals surface area contributed by atoms with E-state index in [1.807, 2.05) is 6.92 Å². The van der Waals surface area contributed by atoms with Crippen molar-refractivity contribution in [2.24, 2.45) is 0 Å². The van der Waals surface area contributed by atoms with Crippen molar-refractivity contribution in [3.8, 4) is 5.88 Å². The molecule has 6 nitrogen and oxygen atoms in total. The Bertz CT molecular complexity index is 421. The second-order valence-corrected chi connectivity index (χ2v) is 4.86. The predicted octanol–water partition coefficient (Wildman–Crippen LogP) is 2.16. The number of ether oxygens (including phenoxy) is 1. The monoisotopic (exact) mass is 295 g/mol. The summed E-state index contributed by atoms with van der Waals surface area (Å²) in [5.41, 5.74) is 6.60. The van der Waals surface area contributed by atoms with Crippen LogP contribution in [-0.4, -0.2) is 47.7 Å². The summed E-state index contributed by atoms with van der Waals surface area (Å²) < 4.78 is 5.61. The number of rotatable bonds is 10. The molecular weight excluding hydrogens is 266 g/mol.